The number of aliphatic hydroxyl groups excluding tert-OH is 1. The molecule has 0 spiro atoms. The van der Waals surface area contributed by atoms with Gasteiger partial charge < -0.3 is 15.1 Å². The predicted molar refractivity (Wildman–Crippen MR) is 128 cm³/mol. The minimum Gasteiger partial charge on any atom is -0.465 e. The van der Waals surface area contributed by atoms with Crippen molar-refractivity contribution in [3.63, 3.8) is 0 Å². The topological polar surface area (TPSA) is 125 Å². The van der Waals surface area contributed by atoms with E-state index in [1.54, 1.807) is 11.0 Å². The number of piperidine rings is 1. The number of fused-ring (bicyclic) bond motifs is 1. The van der Waals surface area contributed by atoms with Gasteiger partial charge in [0, 0.05) is 36.5 Å². The van der Waals surface area contributed by atoms with Crippen LogP contribution in [0.25, 0.3) is 0 Å². The zero-order valence-electron chi connectivity index (χ0n) is 19.7. The molecule has 2 N–H and O–H groups in total. The van der Waals surface area contributed by atoms with E-state index in [4.69, 9.17) is 0 Å². The molecule has 2 saturated heterocycles. The number of carbonyl (C=O) groups is 2. The van der Waals surface area contributed by atoms with E-state index in [2.05, 4.69) is 15.5 Å². The molecule has 3 aromatic rings. The third kappa shape index (κ3) is 4.01. The first-order valence-corrected chi connectivity index (χ1v) is 12.4. The molecule has 2 amide bonds. The highest BCUT2D eigenvalue weighted by Crippen LogP contribution is 2.54. The zero-order chi connectivity index (χ0) is 24.8. The third-order valence-corrected chi connectivity index (χ3v) is 8.05. The first kappa shape index (κ1) is 22.7. The van der Waals surface area contributed by atoms with Crippen molar-refractivity contribution in [3.8, 4) is 0 Å². The monoisotopic (exact) mass is 488 g/mol. The van der Waals surface area contributed by atoms with E-state index in [-0.39, 0.29) is 11.9 Å². The van der Waals surface area contributed by atoms with E-state index in [0.717, 1.165) is 11.1 Å². The molecule has 2 aromatic carbocycles. The summed E-state index contributed by atoms with van der Waals surface area (Å²) in [6.45, 7) is 1.41. The summed E-state index contributed by atoms with van der Waals surface area (Å²) in [5.41, 5.74) is 2.33. The van der Waals surface area contributed by atoms with Gasteiger partial charge >= 0.3 is 6.09 Å². The van der Waals surface area contributed by atoms with Gasteiger partial charge in [-0.05, 0) is 52.9 Å². The molecule has 6 atom stereocenters. The fraction of sp³-hybridized carbons (Fsp3) is 0.423. The minimum atomic E-state index is -1.02. The summed E-state index contributed by atoms with van der Waals surface area (Å²) >= 11 is 0. The molecule has 1 saturated carbocycles. The molecule has 2 aliphatic heterocycles. The molecular weight excluding hydrogens is 460 g/mol. The van der Waals surface area contributed by atoms with Crippen molar-refractivity contribution in [3.05, 3.63) is 77.6 Å². The second kappa shape index (κ2) is 9.02. The molecule has 0 radical (unpaired) electrons. The third-order valence-electron chi connectivity index (χ3n) is 8.05. The van der Waals surface area contributed by atoms with Crippen LogP contribution in [0.4, 0.5) is 4.79 Å². The molecule has 6 rings (SSSR count). The Kier molecular flexibility index (Phi) is 5.67. The van der Waals surface area contributed by atoms with Crippen LogP contribution in [0.2, 0.25) is 0 Å². The lowest BCUT2D eigenvalue weighted by Gasteiger charge is -2.31. The number of benzene rings is 2. The number of hydrogen-bond acceptors (Lipinski definition) is 6. The molecule has 3 aliphatic rings. The van der Waals surface area contributed by atoms with Gasteiger partial charge in [0.15, 0.2) is 0 Å². The summed E-state index contributed by atoms with van der Waals surface area (Å²) in [5, 5.41) is 32.2. The number of amides is 2. The Labute approximate surface area is 208 Å². The van der Waals surface area contributed by atoms with Gasteiger partial charge in [0.25, 0.3) is 5.91 Å². The van der Waals surface area contributed by atoms with E-state index < -0.39 is 18.2 Å². The quantitative estimate of drug-likeness (QED) is 0.546. The van der Waals surface area contributed by atoms with Crippen LogP contribution >= 0.6 is 0 Å². The minimum absolute atomic E-state index is 0.0169. The molecule has 10 nitrogen and oxygen atoms in total. The van der Waals surface area contributed by atoms with Crippen molar-refractivity contribution in [1.29, 1.82) is 0 Å². The van der Waals surface area contributed by atoms with Gasteiger partial charge in [-0.1, -0.05) is 42.5 Å². The standard InChI is InChI=1S/C26H28N6O4/c33-24(17-4-2-1-3-5-17)22-11-10-19(32(22)26(35)36)12-16-6-8-18(9-7-16)25(34)30-13-20-21(14-30)23(20)31-15-27-28-29-31/h1-9,15,19-24,33H,10-14H2,(H,35,36)/t19-,20-,21+,22+,23-,24+/m0/s1. The van der Waals surface area contributed by atoms with Crippen molar-refractivity contribution in [1.82, 2.24) is 30.0 Å². The lowest BCUT2D eigenvalue weighted by Crippen LogP contribution is -2.44. The van der Waals surface area contributed by atoms with Gasteiger partial charge in [-0.2, -0.15) is 0 Å². The summed E-state index contributed by atoms with van der Waals surface area (Å²) in [5.74, 6) is 0.823. The zero-order valence-corrected chi connectivity index (χ0v) is 19.7. The molecule has 0 unspecified atom stereocenters. The van der Waals surface area contributed by atoms with Crippen LogP contribution < -0.4 is 0 Å². The number of rotatable bonds is 6. The Bertz CT molecular complexity index is 1220. The van der Waals surface area contributed by atoms with Gasteiger partial charge in [-0.3, -0.25) is 9.69 Å². The molecular formula is C26H28N6O4. The summed E-state index contributed by atoms with van der Waals surface area (Å²) in [7, 11) is 0. The Hall–Kier alpha value is -3.79. The number of tetrazole rings is 1. The maximum Gasteiger partial charge on any atom is 0.407 e. The highest BCUT2D eigenvalue weighted by molar-refractivity contribution is 5.94. The Balaban J connectivity index is 1.08. The molecule has 10 heteroatoms. The smallest absolute Gasteiger partial charge is 0.407 e. The summed E-state index contributed by atoms with van der Waals surface area (Å²) in [4.78, 5) is 28.4. The fourth-order valence-corrected chi connectivity index (χ4v) is 6.19. The van der Waals surface area contributed by atoms with E-state index in [9.17, 15) is 19.8 Å². The van der Waals surface area contributed by atoms with Crippen molar-refractivity contribution in [2.24, 2.45) is 11.8 Å². The van der Waals surface area contributed by atoms with Crippen molar-refractivity contribution >= 4 is 12.0 Å². The summed E-state index contributed by atoms with van der Waals surface area (Å²) in [6, 6.07) is 16.3. The van der Waals surface area contributed by atoms with Crippen LogP contribution in [-0.2, 0) is 6.42 Å². The molecule has 1 aromatic heterocycles. The molecule has 3 fully saturated rings. The Morgan fingerprint density at radius 1 is 1.00 bits per heavy atom. The normalized spacial score (nSPS) is 27.6. The first-order chi connectivity index (χ1) is 17.5. The maximum absolute atomic E-state index is 13.0. The molecule has 3 heterocycles. The van der Waals surface area contributed by atoms with Crippen molar-refractivity contribution < 1.29 is 19.8 Å². The van der Waals surface area contributed by atoms with Crippen LogP contribution in [0.1, 0.15) is 46.5 Å². The SMILES string of the molecule is O=C(c1ccc(C[C@@H]2CC[C@H]([C@H](O)c3ccccc3)N2C(=O)O)cc1)N1C[C@@H]2[C@H](C1)[C@@H]2n1cnnn1. The highest BCUT2D eigenvalue weighted by Gasteiger charge is 2.58. The molecule has 1 aliphatic carbocycles. The van der Waals surface area contributed by atoms with Crippen LogP contribution in [-0.4, -0.2) is 77.4 Å². The molecule has 0 bridgehead atoms. The van der Waals surface area contributed by atoms with E-state index in [1.165, 1.54) is 4.90 Å². The largest absolute Gasteiger partial charge is 0.465 e. The summed E-state index contributed by atoms with van der Waals surface area (Å²) in [6.07, 6.45) is 1.58. The first-order valence-electron chi connectivity index (χ1n) is 12.4. The van der Waals surface area contributed by atoms with Gasteiger partial charge in [0.2, 0.25) is 0 Å². The van der Waals surface area contributed by atoms with Crippen molar-refractivity contribution in [2.45, 2.75) is 43.5 Å². The number of nitrogens with zero attached hydrogens (tertiary/aromatic N) is 6. The average Bonchev–Trinajstić information content (AvgIpc) is 3.39. The lowest BCUT2D eigenvalue weighted by molar-refractivity contribution is 0.0540. The molecule has 36 heavy (non-hydrogen) atoms. The van der Waals surface area contributed by atoms with Crippen LogP contribution in [0.15, 0.2) is 60.9 Å². The number of hydrogen-bond donors (Lipinski definition) is 2. The van der Waals surface area contributed by atoms with E-state index in [1.807, 2.05) is 59.5 Å². The number of carbonyl (C=O) groups excluding carboxylic acids is 1. The average molecular weight is 489 g/mol. The van der Waals surface area contributed by atoms with E-state index in [0.29, 0.717) is 55.8 Å². The van der Waals surface area contributed by atoms with Crippen LogP contribution in [0.3, 0.4) is 0 Å². The number of aliphatic hydroxyl groups is 1. The lowest BCUT2D eigenvalue weighted by atomic mass is 10.0. The maximum atomic E-state index is 13.0. The van der Waals surface area contributed by atoms with Crippen molar-refractivity contribution in [2.75, 3.05) is 13.1 Å². The predicted octanol–water partition coefficient (Wildman–Crippen LogP) is 2.40. The summed E-state index contributed by atoms with van der Waals surface area (Å²) < 4.78 is 1.79. The Morgan fingerprint density at radius 2 is 1.72 bits per heavy atom. The number of carboxylic acid groups (broad SMARTS) is 1. The second-order valence-electron chi connectivity index (χ2n) is 10.1. The van der Waals surface area contributed by atoms with Gasteiger partial charge in [0.05, 0.1) is 18.2 Å². The second-order valence-corrected chi connectivity index (χ2v) is 10.1. The van der Waals surface area contributed by atoms with E-state index >= 15 is 0 Å². The van der Waals surface area contributed by atoms with Gasteiger partial charge in [-0.25, -0.2) is 9.48 Å². The van der Waals surface area contributed by atoms with Crippen LogP contribution in [0, 0.1) is 11.8 Å². The number of aromatic nitrogens is 4. The van der Waals surface area contributed by atoms with Gasteiger partial charge in [-0.15, -0.1) is 5.10 Å². The fourth-order valence-electron chi connectivity index (χ4n) is 6.19. The van der Waals surface area contributed by atoms with Gasteiger partial charge in [0.1, 0.15) is 6.33 Å². The highest BCUT2D eigenvalue weighted by atomic mass is 16.4. The molecule has 186 valence electrons. The van der Waals surface area contributed by atoms with Crippen LogP contribution in [0.5, 0.6) is 0 Å². The number of likely N-dealkylation sites (tertiary alicyclic amines) is 2. The Morgan fingerprint density at radius 3 is 2.36 bits per heavy atom.